The first-order valence-electron chi connectivity index (χ1n) is 18.6. The molecule has 4 atom stereocenters. The molecule has 1 amide bonds. The molecular weight excluding hydrogens is 650 g/mol. The Bertz CT molecular complexity index is 1720. The van der Waals surface area contributed by atoms with E-state index < -0.39 is 11.5 Å². The van der Waals surface area contributed by atoms with Crippen LogP contribution in [0.4, 0.5) is 5.69 Å². The molecule has 3 aliphatic carbocycles. The third-order valence-electron chi connectivity index (χ3n) is 12.2. The fourth-order valence-electron chi connectivity index (χ4n) is 9.41. The van der Waals surface area contributed by atoms with Gasteiger partial charge in [-0.15, -0.1) is 0 Å². The van der Waals surface area contributed by atoms with Gasteiger partial charge < -0.3 is 25.2 Å². The normalized spacial score (nSPS) is 27.7. The lowest BCUT2D eigenvalue weighted by Gasteiger charge is -2.47. The van der Waals surface area contributed by atoms with E-state index >= 15 is 0 Å². The van der Waals surface area contributed by atoms with E-state index in [9.17, 15) is 14.7 Å². The van der Waals surface area contributed by atoms with Gasteiger partial charge in [-0.25, -0.2) is 4.79 Å². The molecule has 3 N–H and O–H groups in total. The molecule has 0 radical (unpaired) electrons. The highest BCUT2D eigenvalue weighted by Gasteiger charge is 2.54. The number of aliphatic carboxylic acids is 1. The summed E-state index contributed by atoms with van der Waals surface area (Å²) in [5.74, 6) is 2.21. The molecule has 4 aliphatic rings. The minimum atomic E-state index is -1.08. The molecule has 2 heterocycles. The Kier molecular flexibility index (Phi) is 10.0. The van der Waals surface area contributed by atoms with E-state index in [4.69, 9.17) is 21.1 Å². The maximum Gasteiger partial charge on any atom is 0.329 e. The number of halogens is 1. The number of fused-ring (bicyclic) bond motifs is 3. The largest absolute Gasteiger partial charge is 0.494 e. The number of carbonyl (C=O) groups excluding carboxylic acids is 1. The van der Waals surface area contributed by atoms with Crippen LogP contribution >= 0.6 is 11.6 Å². The fourth-order valence-corrected chi connectivity index (χ4v) is 9.60. The quantitative estimate of drug-likeness (QED) is 0.175. The number of pyridine rings is 1. The van der Waals surface area contributed by atoms with Gasteiger partial charge in [0.05, 0.1) is 13.2 Å². The molecule has 7 rings (SSSR count). The third-order valence-corrected chi connectivity index (χ3v) is 12.4. The van der Waals surface area contributed by atoms with E-state index in [2.05, 4.69) is 47.7 Å². The molecule has 1 aromatic heterocycles. The van der Waals surface area contributed by atoms with Gasteiger partial charge in [-0.05, 0) is 141 Å². The zero-order valence-electron chi connectivity index (χ0n) is 29.3. The van der Waals surface area contributed by atoms with Crippen molar-refractivity contribution in [1.82, 2.24) is 10.3 Å². The molecule has 266 valence electrons. The van der Waals surface area contributed by atoms with Gasteiger partial charge in [0.2, 0.25) is 5.91 Å². The summed E-state index contributed by atoms with van der Waals surface area (Å²) in [6, 6.07) is 15.8. The number of nitrogens with one attached hydrogen (secondary N) is 2. The number of carboxylic acid groups (broad SMARTS) is 1. The molecule has 1 saturated carbocycles. The number of anilines is 1. The molecule has 1 spiro atoms. The number of aromatic nitrogens is 1. The number of carbonyl (C=O) groups is 2. The van der Waals surface area contributed by atoms with Crippen LogP contribution < -0.4 is 20.1 Å². The highest BCUT2D eigenvalue weighted by molar-refractivity contribution is 6.30. The fraction of sp³-hybridized carbons (Fsp3) is 0.537. The summed E-state index contributed by atoms with van der Waals surface area (Å²) in [6.07, 6.45) is 11.2. The van der Waals surface area contributed by atoms with Crippen molar-refractivity contribution in [2.24, 2.45) is 17.8 Å². The van der Waals surface area contributed by atoms with Gasteiger partial charge in [0.25, 0.3) is 0 Å². The van der Waals surface area contributed by atoms with Crippen molar-refractivity contribution in [3.8, 4) is 11.5 Å². The Morgan fingerprint density at radius 1 is 1.12 bits per heavy atom. The molecular formula is C41H50ClN3O5. The smallest absolute Gasteiger partial charge is 0.329 e. The summed E-state index contributed by atoms with van der Waals surface area (Å²) >= 11 is 6.28. The van der Waals surface area contributed by atoms with Gasteiger partial charge >= 0.3 is 5.97 Å². The zero-order valence-corrected chi connectivity index (χ0v) is 30.1. The molecule has 8 nitrogen and oxygen atoms in total. The minimum absolute atomic E-state index is 0.0131. The van der Waals surface area contributed by atoms with Gasteiger partial charge in [0.1, 0.15) is 17.0 Å². The number of aryl methyl sites for hydroxylation is 1. The SMILES string of the molecule is C[C@@H](COc1ccnc2c1[C@H](C)CCC2)CC1Cc2ccc(OCCC3CCNC3=O)cc2C12CCC(Nc1cccc(Cl)c1)(C(=O)O)CC2. The highest BCUT2D eigenvalue weighted by Crippen LogP contribution is 2.57. The van der Waals surface area contributed by atoms with Crippen molar-refractivity contribution in [3.63, 3.8) is 0 Å². The van der Waals surface area contributed by atoms with Gasteiger partial charge in [-0.2, -0.15) is 0 Å². The summed E-state index contributed by atoms with van der Waals surface area (Å²) in [5.41, 5.74) is 4.56. The average molecular weight is 700 g/mol. The molecule has 1 aliphatic heterocycles. The van der Waals surface area contributed by atoms with E-state index in [1.54, 1.807) is 12.1 Å². The number of ether oxygens (including phenoxy) is 2. The summed E-state index contributed by atoms with van der Waals surface area (Å²) < 4.78 is 12.8. The summed E-state index contributed by atoms with van der Waals surface area (Å²) in [6.45, 7) is 6.42. The van der Waals surface area contributed by atoms with Crippen LogP contribution in [0.3, 0.4) is 0 Å². The lowest BCUT2D eigenvalue weighted by atomic mass is 9.59. The first-order chi connectivity index (χ1) is 24.2. The number of carboxylic acids is 1. The van der Waals surface area contributed by atoms with Gasteiger partial charge in [-0.1, -0.05) is 37.6 Å². The Labute approximate surface area is 300 Å². The van der Waals surface area contributed by atoms with E-state index in [-0.39, 0.29) is 17.2 Å². The Morgan fingerprint density at radius 3 is 2.72 bits per heavy atom. The maximum atomic E-state index is 13.0. The zero-order chi connectivity index (χ0) is 34.9. The minimum Gasteiger partial charge on any atom is -0.494 e. The van der Waals surface area contributed by atoms with Crippen molar-refractivity contribution in [1.29, 1.82) is 0 Å². The van der Waals surface area contributed by atoms with Gasteiger partial charge in [0, 0.05) is 40.6 Å². The van der Waals surface area contributed by atoms with E-state index in [0.717, 1.165) is 62.3 Å². The second-order valence-corrected chi connectivity index (χ2v) is 15.9. The van der Waals surface area contributed by atoms with Crippen LogP contribution in [0.1, 0.15) is 99.9 Å². The number of hydrogen-bond acceptors (Lipinski definition) is 6. The van der Waals surface area contributed by atoms with Crippen molar-refractivity contribution in [3.05, 3.63) is 82.1 Å². The molecule has 0 bridgehead atoms. The standard InChI is InChI=1S/C41H50ClN3O5/c1-26(25-50-36-12-19-43-35-8-3-5-27(2)37(35)36)21-30-22-29-9-10-33(49-20-13-28-11-18-44-38(28)46)24-34(29)40(30)14-16-41(17-15-40,39(47)48)45-32-7-4-6-31(42)23-32/h4,6-7,9-10,12,19,23-24,26-28,30,45H,3,5,8,11,13-18,20-22,25H2,1-2H3,(H,44,46)(H,47,48)/t26-,27-,28?,30?,40?,41?/m1/s1. The number of rotatable bonds is 12. The van der Waals surface area contributed by atoms with E-state index in [0.29, 0.717) is 55.3 Å². The Morgan fingerprint density at radius 2 is 1.96 bits per heavy atom. The predicted octanol–water partition coefficient (Wildman–Crippen LogP) is 8.10. The number of nitrogens with zero attached hydrogens (tertiary/aromatic N) is 1. The summed E-state index contributed by atoms with van der Waals surface area (Å²) in [7, 11) is 0. The van der Waals surface area contributed by atoms with Crippen LogP contribution in [0.2, 0.25) is 5.02 Å². The lowest BCUT2D eigenvalue weighted by molar-refractivity contribution is -0.144. The molecule has 2 fully saturated rings. The monoisotopic (exact) mass is 699 g/mol. The number of hydrogen-bond donors (Lipinski definition) is 3. The Balaban J connectivity index is 1.11. The lowest BCUT2D eigenvalue weighted by Crippen LogP contribution is -2.53. The Hall–Kier alpha value is -3.78. The van der Waals surface area contributed by atoms with Crippen molar-refractivity contribution in [2.45, 2.75) is 101 Å². The molecule has 2 aromatic carbocycles. The van der Waals surface area contributed by atoms with Crippen molar-refractivity contribution < 1.29 is 24.2 Å². The summed E-state index contributed by atoms with van der Waals surface area (Å²) in [5, 5.41) is 17.5. The van der Waals surface area contributed by atoms with Crippen LogP contribution in [0, 0.1) is 17.8 Å². The summed E-state index contributed by atoms with van der Waals surface area (Å²) in [4.78, 5) is 29.7. The first-order valence-corrected chi connectivity index (χ1v) is 19.0. The van der Waals surface area contributed by atoms with E-state index in [1.807, 2.05) is 24.4 Å². The molecule has 9 heteroatoms. The van der Waals surface area contributed by atoms with Gasteiger partial charge in [0.15, 0.2) is 0 Å². The van der Waals surface area contributed by atoms with Crippen LogP contribution in [0.25, 0.3) is 0 Å². The molecule has 50 heavy (non-hydrogen) atoms. The van der Waals surface area contributed by atoms with Crippen LogP contribution in [-0.4, -0.2) is 47.3 Å². The van der Waals surface area contributed by atoms with Crippen molar-refractivity contribution in [2.75, 3.05) is 25.1 Å². The topological polar surface area (TPSA) is 110 Å². The average Bonchev–Trinajstić information content (AvgIpc) is 3.64. The van der Waals surface area contributed by atoms with Crippen LogP contribution in [-0.2, 0) is 27.8 Å². The highest BCUT2D eigenvalue weighted by atomic mass is 35.5. The van der Waals surface area contributed by atoms with Crippen molar-refractivity contribution >= 4 is 29.2 Å². The second kappa shape index (κ2) is 14.5. The van der Waals surface area contributed by atoms with Crippen LogP contribution in [0.15, 0.2) is 54.7 Å². The molecule has 3 aromatic rings. The molecule has 2 unspecified atom stereocenters. The number of amides is 1. The predicted molar refractivity (Wildman–Crippen MR) is 195 cm³/mol. The van der Waals surface area contributed by atoms with E-state index in [1.165, 1.54) is 35.2 Å². The van der Waals surface area contributed by atoms with Crippen LogP contribution in [0.5, 0.6) is 11.5 Å². The second-order valence-electron chi connectivity index (χ2n) is 15.4. The molecule has 1 saturated heterocycles. The maximum absolute atomic E-state index is 13.0. The first kappa shape index (κ1) is 34.7. The number of benzene rings is 2. The van der Waals surface area contributed by atoms with Gasteiger partial charge in [-0.3, -0.25) is 9.78 Å². The third kappa shape index (κ3) is 6.92.